The van der Waals surface area contributed by atoms with Gasteiger partial charge in [0.25, 0.3) is 0 Å². The largest absolute Gasteiger partial charge is 0.491 e. The Bertz CT molecular complexity index is 599. The monoisotopic (exact) mass is 312 g/mol. The summed E-state index contributed by atoms with van der Waals surface area (Å²) < 4.78 is 32.7. The van der Waals surface area contributed by atoms with Crippen LogP contribution in [0.1, 0.15) is 26.3 Å². The number of hydrogen-bond donors (Lipinski definition) is 1. The standard InChI is InChI=1S/C15H24N2O3S/c1-11(2)20-15-6-5-14(9-12(15)3)21(18,19)17-8-7-16-10-13(17)4/h5-6,9,11,13,16H,7-8,10H2,1-4H3/t13-/m1/s1. The van der Waals surface area contributed by atoms with Crippen molar-refractivity contribution in [3.8, 4) is 5.75 Å². The molecule has 1 atom stereocenters. The van der Waals surface area contributed by atoms with E-state index in [9.17, 15) is 8.42 Å². The van der Waals surface area contributed by atoms with E-state index >= 15 is 0 Å². The quantitative estimate of drug-likeness (QED) is 0.920. The van der Waals surface area contributed by atoms with Crippen LogP contribution in [0, 0.1) is 6.92 Å². The molecular formula is C15H24N2O3S. The summed E-state index contributed by atoms with van der Waals surface area (Å²) in [6.07, 6.45) is 0.0688. The number of sulfonamides is 1. The Morgan fingerprint density at radius 3 is 2.67 bits per heavy atom. The molecule has 1 aromatic rings. The van der Waals surface area contributed by atoms with Crippen LogP contribution < -0.4 is 10.1 Å². The molecular weight excluding hydrogens is 288 g/mol. The van der Waals surface area contributed by atoms with Crippen LogP contribution in [0.5, 0.6) is 5.75 Å². The van der Waals surface area contributed by atoms with Crippen molar-refractivity contribution in [2.75, 3.05) is 19.6 Å². The van der Waals surface area contributed by atoms with Crippen LogP contribution in [0.4, 0.5) is 0 Å². The van der Waals surface area contributed by atoms with Crippen molar-refractivity contribution in [2.24, 2.45) is 0 Å². The highest BCUT2D eigenvalue weighted by Gasteiger charge is 2.31. The maximum Gasteiger partial charge on any atom is 0.243 e. The number of rotatable bonds is 4. The first-order chi connectivity index (χ1) is 9.82. The highest BCUT2D eigenvalue weighted by molar-refractivity contribution is 7.89. The number of aryl methyl sites for hydroxylation is 1. The Morgan fingerprint density at radius 1 is 1.38 bits per heavy atom. The van der Waals surface area contributed by atoms with E-state index in [2.05, 4.69) is 5.32 Å². The van der Waals surface area contributed by atoms with Crippen LogP contribution in [0.2, 0.25) is 0 Å². The average Bonchev–Trinajstić information content (AvgIpc) is 2.40. The number of nitrogens with zero attached hydrogens (tertiary/aromatic N) is 1. The second kappa shape index (κ2) is 6.34. The predicted molar refractivity (Wildman–Crippen MR) is 83.2 cm³/mol. The zero-order chi connectivity index (χ0) is 15.6. The molecule has 0 spiro atoms. The van der Waals surface area contributed by atoms with Gasteiger partial charge in [-0.1, -0.05) is 0 Å². The van der Waals surface area contributed by atoms with E-state index in [1.807, 2.05) is 27.7 Å². The van der Waals surface area contributed by atoms with Gasteiger partial charge in [0.1, 0.15) is 5.75 Å². The first-order valence-electron chi connectivity index (χ1n) is 7.32. The zero-order valence-corrected chi connectivity index (χ0v) is 13.9. The van der Waals surface area contributed by atoms with Crippen LogP contribution in [0.15, 0.2) is 23.1 Å². The Kier molecular flexibility index (Phi) is 4.91. The summed E-state index contributed by atoms with van der Waals surface area (Å²) in [6.45, 7) is 9.58. The molecule has 0 amide bonds. The maximum atomic E-state index is 12.7. The van der Waals surface area contributed by atoms with Crippen molar-refractivity contribution < 1.29 is 13.2 Å². The van der Waals surface area contributed by atoms with Gasteiger partial charge in [0.2, 0.25) is 10.0 Å². The molecule has 6 heteroatoms. The number of hydrogen-bond acceptors (Lipinski definition) is 4. The van der Waals surface area contributed by atoms with E-state index in [4.69, 9.17) is 4.74 Å². The van der Waals surface area contributed by atoms with Gasteiger partial charge in [-0.3, -0.25) is 0 Å². The van der Waals surface area contributed by atoms with Crippen molar-refractivity contribution >= 4 is 10.0 Å². The minimum Gasteiger partial charge on any atom is -0.491 e. The highest BCUT2D eigenvalue weighted by Crippen LogP contribution is 2.26. The highest BCUT2D eigenvalue weighted by atomic mass is 32.2. The SMILES string of the molecule is Cc1cc(S(=O)(=O)N2CCNC[C@H]2C)ccc1OC(C)C. The molecule has 0 aliphatic carbocycles. The number of piperazine rings is 1. The van der Waals surface area contributed by atoms with Crippen molar-refractivity contribution in [1.82, 2.24) is 9.62 Å². The Morgan fingerprint density at radius 2 is 2.10 bits per heavy atom. The molecule has 118 valence electrons. The lowest BCUT2D eigenvalue weighted by Crippen LogP contribution is -2.52. The minimum absolute atomic E-state index is 0.0318. The molecule has 1 saturated heterocycles. The van der Waals surface area contributed by atoms with Gasteiger partial charge in [0.15, 0.2) is 0 Å². The van der Waals surface area contributed by atoms with Gasteiger partial charge in [0.05, 0.1) is 11.0 Å². The summed E-state index contributed by atoms with van der Waals surface area (Å²) >= 11 is 0. The molecule has 0 bridgehead atoms. The lowest BCUT2D eigenvalue weighted by Gasteiger charge is -2.33. The number of ether oxygens (including phenoxy) is 1. The first-order valence-corrected chi connectivity index (χ1v) is 8.76. The Hall–Kier alpha value is -1.11. The summed E-state index contributed by atoms with van der Waals surface area (Å²) in [5, 5.41) is 3.20. The van der Waals surface area contributed by atoms with E-state index in [0.29, 0.717) is 24.5 Å². The van der Waals surface area contributed by atoms with Crippen LogP contribution in [-0.4, -0.2) is 44.5 Å². The summed E-state index contributed by atoms with van der Waals surface area (Å²) in [5.74, 6) is 0.734. The van der Waals surface area contributed by atoms with Gasteiger partial charge in [-0.15, -0.1) is 0 Å². The van der Waals surface area contributed by atoms with E-state index in [-0.39, 0.29) is 12.1 Å². The molecule has 1 fully saturated rings. The molecule has 0 unspecified atom stereocenters. The number of nitrogens with one attached hydrogen (secondary N) is 1. The normalized spacial score (nSPS) is 20.7. The maximum absolute atomic E-state index is 12.7. The molecule has 1 aliphatic rings. The molecule has 0 radical (unpaired) electrons. The van der Waals surface area contributed by atoms with Crippen molar-refractivity contribution in [1.29, 1.82) is 0 Å². The van der Waals surface area contributed by atoms with Crippen LogP contribution in [0.3, 0.4) is 0 Å². The molecule has 1 aliphatic heterocycles. The molecule has 0 aromatic heterocycles. The Balaban J connectivity index is 2.30. The van der Waals surface area contributed by atoms with Crippen LogP contribution >= 0.6 is 0 Å². The predicted octanol–water partition coefficient (Wildman–Crippen LogP) is 1.76. The molecule has 1 aromatic carbocycles. The van der Waals surface area contributed by atoms with Gasteiger partial charge >= 0.3 is 0 Å². The van der Waals surface area contributed by atoms with Gasteiger partial charge in [-0.05, 0) is 51.5 Å². The fourth-order valence-electron chi connectivity index (χ4n) is 2.48. The van der Waals surface area contributed by atoms with Crippen LogP contribution in [0.25, 0.3) is 0 Å². The average molecular weight is 312 g/mol. The summed E-state index contributed by atoms with van der Waals surface area (Å²) in [6, 6.07) is 5.04. The summed E-state index contributed by atoms with van der Waals surface area (Å²) in [7, 11) is -3.44. The van der Waals surface area contributed by atoms with Crippen molar-refractivity contribution in [3.05, 3.63) is 23.8 Å². The molecule has 1 heterocycles. The van der Waals surface area contributed by atoms with E-state index in [1.54, 1.807) is 22.5 Å². The third-order valence-electron chi connectivity index (χ3n) is 3.56. The first kappa shape index (κ1) is 16.3. The lowest BCUT2D eigenvalue weighted by atomic mass is 10.2. The minimum atomic E-state index is -3.44. The second-order valence-electron chi connectivity index (χ2n) is 5.76. The zero-order valence-electron chi connectivity index (χ0n) is 13.1. The van der Waals surface area contributed by atoms with Gasteiger partial charge < -0.3 is 10.1 Å². The second-order valence-corrected chi connectivity index (χ2v) is 7.65. The number of benzene rings is 1. The third kappa shape index (κ3) is 3.56. The van der Waals surface area contributed by atoms with E-state index in [0.717, 1.165) is 11.3 Å². The molecule has 2 rings (SSSR count). The summed E-state index contributed by atoms with van der Waals surface area (Å²) in [4.78, 5) is 0.338. The topological polar surface area (TPSA) is 58.6 Å². The molecule has 21 heavy (non-hydrogen) atoms. The van der Waals surface area contributed by atoms with Gasteiger partial charge in [0, 0.05) is 25.7 Å². The lowest BCUT2D eigenvalue weighted by molar-refractivity contribution is 0.240. The molecule has 5 nitrogen and oxygen atoms in total. The van der Waals surface area contributed by atoms with Gasteiger partial charge in [-0.25, -0.2) is 8.42 Å². The van der Waals surface area contributed by atoms with Crippen molar-refractivity contribution in [3.63, 3.8) is 0 Å². The molecule has 1 N–H and O–H groups in total. The van der Waals surface area contributed by atoms with Crippen molar-refractivity contribution in [2.45, 2.75) is 44.7 Å². The fraction of sp³-hybridized carbons (Fsp3) is 0.600. The third-order valence-corrected chi connectivity index (χ3v) is 5.57. The van der Waals surface area contributed by atoms with Gasteiger partial charge in [-0.2, -0.15) is 4.31 Å². The van der Waals surface area contributed by atoms with E-state index in [1.165, 1.54) is 0 Å². The van der Waals surface area contributed by atoms with Crippen LogP contribution in [-0.2, 0) is 10.0 Å². The fourth-order valence-corrected chi connectivity index (χ4v) is 4.20. The van der Waals surface area contributed by atoms with E-state index < -0.39 is 10.0 Å². The Labute approximate surface area is 127 Å². The smallest absolute Gasteiger partial charge is 0.243 e. The molecule has 0 saturated carbocycles. The summed E-state index contributed by atoms with van der Waals surface area (Å²) in [5.41, 5.74) is 0.840.